The van der Waals surface area contributed by atoms with Gasteiger partial charge in [0.1, 0.15) is 11.7 Å². The van der Waals surface area contributed by atoms with Crippen molar-refractivity contribution < 1.29 is 9.53 Å². The minimum Gasteiger partial charge on any atom is -0.464 e. The summed E-state index contributed by atoms with van der Waals surface area (Å²) >= 11 is 0. The van der Waals surface area contributed by atoms with E-state index in [1.165, 1.54) is 0 Å². The molecule has 1 unspecified atom stereocenters. The van der Waals surface area contributed by atoms with Crippen molar-refractivity contribution in [3.05, 3.63) is 44.8 Å². The van der Waals surface area contributed by atoms with Crippen molar-refractivity contribution in [3.8, 4) is 11.3 Å². The van der Waals surface area contributed by atoms with Gasteiger partial charge >= 0.3 is 5.97 Å². The fourth-order valence-corrected chi connectivity index (χ4v) is 2.09. The van der Waals surface area contributed by atoms with Crippen LogP contribution in [0.25, 0.3) is 11.3 Å². The molecule has 1 aromatic heterocycles. The van der Waals surface area contributed by atoms with Crippen LogP contribution in [0.15, 0.2) is 34.0 Å². The Labute approximate surface area is 107 Å². The van der Waals surface area contributed by atoms with Crippen molar-refractivity contribution in [1.82, 2.24) is 4.98 Å². The number of pyridine rings is 1. The van der Waals surface area contributed by atoms with Crippen LogP contribution in [-0.4, -0.2) is 23.6 Å². The molecule has 1 aliphatic heterocycles. The first-order valence-electron chi connectivity index (χ1n) is 5.86. The van der Waals surface area contributed by atoms with E-state index in [0.717, 1.165) is 0 Å². The lowest BCUT2D eigenvalue weighted by atomic mass is 10.0. The van der Waals surface area contributed by atoms with E-state index in [-0.39, 0.29) is 11.3 Å². The summed E-state index contributed by atoms with van der Waals surface area (Å²) < 4.78 is 4.80. The number of hydrogen-bond donors (Lipinski definition) is 1. The van der Waals surface area contributed by atoms with E-state index in [4.69, 9.17) is 4.74 Å². The van der Waals surface area contributed by atoms with E-state index >= 15 is 0 Å². The van der Waals surface area contributed by atoms with Crippen molar-refractivity contribution >= 4 is 11.7 Å². The lowest BCUT2D eigenvalue weighted by Gasteiger charge is -2.15. The summed E-state index contributed by atoms with van der Waals surface area (Å²) in [6.07, 6.45) is 2.03. The lowest BCUT2D eigenvalue weighted by Crippen LogP contribution is -2.40. The molecule has 0 radical (unpaired) electrons. The van der Waals surface area contributed by atoms with Gasteiger partial charge in [-0.1, -0.05) is 6.07 Å². The summed E-state index contributed by atoms with van der Waals surface area (Å²) in [5.41, 5.74) is -0.355. The van der Waals surface area contributed by atoms with E-state index in [2.05, 4.69) is 10.3 Å². The van der Waals surface area contributed by atoms with Gasteiger partial charge in [-0.2, -0.15) is 0 Å². The van der Waals surface area contributed by atoms with Crippen LogP contribution in [0.5, 0.6) is 0 Å². The zero-order valence-corrected chi connectivity index (χ0v) is 9.88. The van der Waals surface area contributed by atoms with Gasteiger partial charge in [0.15, 0.2) is 0 Å². The largest absolute Gasteiger partial charge is 0.464 e. The number of esters is 1. The predicted octanol–water partition coefficient (Wildman–Crippen LogP) is 0.0720. The molecular weight excluding hydrogens is 248 g/mol. The van der Waals surface area contributed by atoms with E-state index in [9.17, 15) is 14.4 Å². The molecule has 1 atom stereocenters. The molecule has 2 heterocycles. The minimum atomic E-state index is -0.611. The zero-order chi connectivity index (χ0) is 13.4. The van der Waals surface area contributed by atoms with Crippen LogP contribution in [-0.2, 0) is 9.53 Å². The molecule has 0 amide bonds. The maximum Gasteiger partial charge on any atom is 0.328 e. The molecule has 6 heteroatoms. The second-order valence-corrected chi connectivity index (χ2v) is 4.28. The molecule has 6 nitrogen and oxygen atoms in total. The summed E-state index contributed by atoms with van der Waals surface area (Å²) in [6.45, 7) is 0.324. The van der Waals surface area contributed by atoms with Crippen LogP contribution in [0.3, 0.4) is 0 Å². The molecule has 0 spiro atoms. The smallest absolute Gasteiger partial charge is 0.328 e. The molecule has 3 rings (SSSR count). The Morgan fingerprint density at radius 2 is 2.05 bits per heavy atom. The molecule has 2 aromatic rings. The van der Waals surface area contributed by atoms with Gasteiger partial charge in [0.05, 0.1) is 17.9 Å². The van der Waals surface area contributed by atoms with Crippen molar-refractivity contribution in [3.63, 3.8) is 0 Å². The van der Waals surface area contributed by atoms with Crippen molar-refractivity contribution in [2.45, 2.75) is 12.5 Å². The van der Waals surface area contributed by atoms with Gasteiger partial charge in [-0.15, -0.1) is 0 Å². The summed E-state index contributed by atoms with van der Waals surface area (Å²) in [5.74, 6) is -0.403. The molecule has 0 aliphatic carbocycles. The van der Waals surface area contributed by atoms with Crippen LogP contribution in [0.2, 0.25) is 0 Å². The monoisotopic (exact) mass is 258 g/mol. The predicted molar refractivity (Wildman–Crippen MR) is 67.6 cm³/mol. The SMILES string of the molecule is O=C1OCCC1Nc1c(-c2ccccn2)c(=O)c1=O. The van der Waals surface area contributed by atoms with Crippen LogP contribution in [0, 0.1) is 0 Å². The Morgan fingerprint density at radius 1 is 1.21 bits per heavy atom. The number of rotatable bonds is 3. The third-order valence-electron chi connectivity index (χ3n) is 3.09. The second-order valence-electron chi connectivity index (χ2n) is 4.28. The Morgan fingerprint density at radius 3 is 2.68 bits per heavy atom. The van der Waals surface area contributed by atoms with Crippen molar-refractivity contribution in [2.24, 2.45) is 0 Å². The Bertz CT molecular complexity index is 701. The first-order valence-corrected chi connectivity index (χ1v) is 5.86. The fraction of sp³-hybridized carbons (Fsp3) is 0.231. The summed E-state index contributed by atoms with van der Waals surface area (Å²) in [6, 6.07) is 4.53. The number of nitrogens with one attached hydrogen (secondary N) is 1. The molecule has 0 saturated carbocycles. The van der Waals surface area contributed by atoms with E-state index in [1.54, 1.807) is 24.4 Å². The first-order chi connectivity index (χ1) is 9.18. The summed E-state index contributed by atoms with van der Waals surface area (Å²) in [4.78, 5) is 38.6. The lowest BCUT2D eigenvalue weighted by molar-refractivity contribution is -0.138. The highest BCUT2D eigenvalue weighted by Crippen LogP contribution is 2.23. The van der Waals surface area contributed by atoms with Crippen LogP contribution >= 0.6 is 0 Å². The van der Waals surface area contributed by atoms with E-state index < -0.39 is 22.9 Å². The quantitative estimate of drug-likeness (QED) is 0.619. The summed E-state index contributed by atoms with van der Waals surface area (Å²) in [7, 11) is 0. The number of hydrogen-bond acceptors (Lipinski definition) is 6. The molecule has 0 bridgehead atoms. The molecule has 19 heavy (non-hydrogen) atoms. The minimum absolute atomic E-state index is 0.160. The number of carbonyl (C=O) groups excluding carboxylic acids is 1. The summed E-state index contributed by atoms with van der Waals surface area (Å²) in [5, 5.41) is 2.79. The third-order valence-corrected chi connectivity index (χ3v) is 3.09. The molecular formula is C13H10N2O4. The molecule has 1 fully saturated rings. The highest BCUT2D eigenvalue weighted by molar-refractivity contribution is 5.86. The standard InChI is InChI=1S/C13H10N2O4/c16-11-9(7-3-1-2-5-14-7)10(12(11)17)15-8-4-6-19-13(8)18/h1-3,5,8,15H,4,6H2. The highest BCUT2D eigenvalue weighted by Gasteiger charge is 2.31. The maximum absolute atomic E-state index is 11.6. The van der Waals surface area contributed by atoms with Gasteiger partial charge in [0.25, 0.3) is 0 Å². The average molecular weight is 258 g/mol. The highest BCUT2D eigenvalue weighted by atomic mass is 16.5. The molecule has 1 aliphatic rings. The number of ether oxygens (including phenoxy) is 1. The van der Waals surface area contributed by atoms with Crippen molar-refractivity contribution in [2.75, 3.05) is 11.9 Å². The van der Waals surface area contributed by atoms with Gasteiger partial charge in [0.2, 0.25) is 10.9 Å². The number of aromatic nitrogens is 1. The Hall–Kier alpha value is -2.50. The van der Waals surface area contributed by atoms with E-state index in [0.29, 0.717) is 18.7 Å². The van der Waals surface area contributed by atoms with E-state index in [1.807, 2.05) is 0 Å². The first kappa shape index (κ1) is 11.6. The fourth-order valence-electron chi connectivity index (χ4n) is 2.09. The molecule has 1 aromatic carbocycles. The molecule has 1 saturated heterocycles. The van der Waals surface area contributed by atoms with Crippen LogP contribution in [0.1, 0.15) is 6.42 Å². The topological polar surface area (TPSA) is 85.4 Å². The maximum atomic E-state index is 11.6. The third kappa shape index (κ3) is 1.81. The second kappa shape index (κ2) is 4.31. The number of anilines is 1. The number of cyclic esters (lactones) is 1. The Balaban J connectivity index is 1.95. The average Bonchev–Trinajstić information content (AvgIpc) is 2.84. The van der Waals surface area contributed by atoms with Gasteiger partial charge < -0.3 is 10.1 Å². The van der Waals surface area contributed by atoms with Crippen LogP contribution in [0.4, 0.5) is 5.69 Å². The molecule has 96 valence electrons. The number of nitrogens with zero attached hydrogens (tertiary/aromatic N) is 1. The van der Waals surface area contributed by atoms with Gasteiger partial charge in [-0.05, 0) is 12.1 Å². The normalized spacial score (nSPS) is 18.5. The zero-order valence-electron chi connectivity index (χ0n) is 9.88. The van der Waals surface area contributed by atoms with Gasteiger partial charge in [-0.25, -0.2) is 4.79 Å². The van der Waals surface area contributed by atoms with Crippen molar-refractivity contribution in [1.29, 1.82) is 0 Å². The Kier molecular flexibility index (Phi) is 2.63. The van der Waals surface area contributed by atoms with Crippen LogP contribution < -0.4 is 16.2 Å². The molecule has 1 N–H and O–H groups in total. The van der Waals surface area contributed by atoms with Gasteiger partial charge in [-0.3, -0.25) is 14.6 Å². The number of carbonyl (C=O) groups is 1. The van der Waals surface area contributed by atoms with Gasteiger partial charge in [0, 0.05) is 12.6 Å².